The van der Waals surface area contributed by atoms with E-state index in [1.54, 1.807) is 0 Å². The van der Waals surface area contributed by atoms with E-state index in [0.717, 1.165) is 23.3 Å². The number of rotatable bonds is 2. The van der Waals surface area contributed by atoms with E-state index in [2.05, 4.69) is 43.1 Å². The number of hydrogen-bond donors (Lipinski definition) is 1. The molecule has 0 atom stereocenters. The molecule has 2 heterocycles. The number of aromatic nitrogens is 2. The minimum absolute atomic E-state index is 0.708. The summed E-state index contributed by atoms with van der Waals surface area (Å²) in [5.74, 6) is 0.708. The topological polar surface area (TPSA) is 43.3 Å². The predicted molar refractivity (Wildman–Crippen MR) is 79.2 cm³/mol. The van der Waals surface area contributed by atoms with Crippen molar-refractivity contribution in [1.29, 1.82) is 0 Å². The first kappa shape index (κ1) is 11.8. The average Bonchev–Trinajstić information content (AvgIpc) is 2.76. The van der Waals surface area contributed by atoms with Crippen LogP contribution in [0.5, 0.6) is 0 Å². The van der Waals surface area contributed by atoms with Crippen molar-refractivity contribution in [2.45, 2.75) is 20.3 Å². The first-order valence-corrected chi connectivity index (χ1v) is 6.53. The molecule has 3 heteroatoms. The molecule has 96 valence electrons. The van der Waals surface area contributed by atoms with Gasteiger partial charge in [0.2, 0.25) is 0 Å². The number of fused-ring (bicyclic) bond motifs is 1. The Balaban J connectivity index is 2.28. The molecule has 19 heavy (non-hydrogen) atoms. The Morgan fingerprint density at radius 2 is 1.95 bits per heavy atom. The van der Waals surface area contributed by atoms with Crippen LogP contribution in [0.25, 0.3) is 16.9 Å². The van der Waals surface area contributed by atoms with Gasteiger partial charge in [0.05, 0.1) is 0 Å². The summed E-state index contributed by atoms with van der Waals surface area (Å²) in [6.45, 7) is 4.20. The van der Waals surface area contributed by atoms with Crippen molar-refractivity contribution < 1.29 is 0 Å². The van der Waals surface area contributed by atoms with Crippen LogP contribution in [0.1, 0.15) is 18.1 Å². The Labute approximate surface area is 112 Å². The molecule has 0 fully saturated rings. The Hall–Kier alpha value is -2.29. The van der Waals surface area contributed by atoms with E-state index in [9.17, 15) is 0 Å². The summed E-state index contributed by atoms with van der Waals surface area (Å²) in [6.07, 6.45) is 3.00. The number of pyridine rings is 1. The second-order valence-electron chi connectivity index (χ2n) is 4.79. The van der Waals surface area contributed by atoms with Gasteiger partial charge in [0.1, 0.15) is 17.2 Å². The third-order valence-electron chi connectivity index (χ3n) is 3.46. The van der Waals surface area contributed by atoms with Crippen LogP contribution in [0.3, 0.4) is 0 Å². The Morgan fingerprint density at radius 3 is 2.74 bits per heavy atom. The van der Waals surface area contributed by atoms with Gasteiger partial charge in [-0.2, -0.15) is 0 Å². The highest BCUT2D eigenvalue weighted by Crippen LogP contribution is 2.29. The summed E-state index contributed by atoms with van der Waals surface area (Å²) in [6, 6.07) is 12.4. The summed E-state index contributed by atoms with van der Waals surface area (Å²) < 4.78 is 1.96. The molecule has 3 aromatic rings. The number of anilines is 1. The van der Waals surface area contributed by atoms with Gasteiger partial charge in [-0.05, 0) is 30.5 Å². The Bertz CT molecular complexity index is 741. The van der Waals surface area contributed by atoms with E-state index < -0.39 is 0 Å². The number of nitrogens with zero attached hydrogens (tertiary/aromatic N) is 2. The van der Waals surface area contributed by atoms with Crippen LogP contribution in [0, 0.1) is 6.92 Å². The highest BCUT2D eigenvalue weighted by Gasteiger charge is 2.13. The lowest BCUT2D eigenvalue weighted by atomic mass is 10.0. The van der Waals surface area contributed by atoms with Gasteiger partial charge in [-0.15, -0.1) is 0 Å². The summed E-state index contributed by atoms with van der Waals surface area (Å²) >= 11 is 0. The maximum absolute atomic E-state index is 6.26. The summed E-state index contributed by atoms with van der Waals surface area (Å²) in [4.78, 5) is 4.67. The second kappa shape index (κ2) is 4.43. The standard InChI is InChI=1S/C16H17N3/c1-3-12-6-4-5-7-13(12)15-16(17)19-10-11(2)8-9-14(19)18-15/h4-10H,3,17H2,1-2H3. The molecule has 0 aliphatic carbocycles. The molecule has 3 nitrogen and oxygen atoms in total. The molecule has 2 aromatic heterocycles. The van der Waals surface area contributed by atoms with Crippen molar-refractivity contribution >= 4 is 11.5 Å². The maximum Gasteiger partial charge on any atom is 0.139 e. The zero-order valence-corrected chi connectivity index (χ0v) is 11.2. The van der Waals surface area contributed by atoms with E-state index in [0.29, 0.717) is 5.82 Å². The molecule has 2 N–H and O–H groups in total. The highest BCUT2D eigenvalue weighted by molar-refractivity contribution is 5.77. The monoisotopic (exact) mass is 251 g/mol. The molecule has 0 radical (unpaired) electrons. The van der Waals surface area contributed by atoms with Crippen LogP contribution >= 0.6 is 0 Å². The lowest BCUT2D eigenvalue weighted by molar-refractivity contribution is 1.14. The van der Waals surface area contributed by atoms with Crippen molar-refractivity contribution in [1.82, 2.24) is 9.38 Å². The van der Waals surface area contributed by atoms with E-state index in [1.807, 2.05) is 22.7 Å². The largest absolute Gasteiger partial charge is 0.383 e. The Kier molecular flexibility index (Phi) is 2.75. The van der Waals surface area contributed by atoms with Crippen molar-refractivity contribution in [2.24, 2.45) is 0 Å². The van der Waals surface area contributed by atoms with Gasteiger partial charge in [0.15, 0.2) is 0 Å². The van der Waals surface area contributed by atoms with Crippen LogP contribution in [0.2, 0.25) is 0 Å². The van der Waals surface area contributed by atoms with Crippen LogP contribution in [0.15, 0.2) is 42.6 Å². The fraction of sp³-hybridized carbons (Fsp3) is 0.188. The van der Waals surface area contributed by atoms with Gasteiger partial charge in [-0.25, -0.2) is 4.98 Å². The number of imidazole rings is 1. The number of aryl methyl sites for hydroxylation is 2. The van der Waals surface area contributed by atoms with Crippen molar-refractivity contribution in [2.75, 3.05) is 5.73 Å². The van der Waals surface area contributed by atoms with Gasteiger partial charge >= 0.3 is 0 Å². The number of benzene rings is 1. The molecule has 0 unspecified atom stereocenters. The normalized spacial score (nSPS) is 11.1. The van der Waals surface area contributed by atoms with Crippen molar-refractivity contribution in [3.63, 3.8) is 0 Å². The summed E-state index contributed by atoms with van der Waals surface area (Å²) in [5, 5.41) is 0. The molecule has 1 aromatic carbocycles. The zero-order chi connectivity index (χ0) is 13.4. The molecule has 3 rings (SSSR count). The van der Waals surface area contributed by atoms with Gasteiger partial charge < -0.3 is 5.73 Å². The van der Waals surface area contributed by atoms with E-state index >= 15 is 0 Å². The van der Waals surface area contributed by atoms with Crippen molar-refractivity contribution in [3.8, 4) is 11.3 Å². The molecule has 0 aliphatic rings. The van der Waals surface area contributed by atoms with Gasteiger partial charge in [0, 0.05) is 11.8 Å². The van der Waals surface area contributed by atoms with E-state index in [4.69, 9.17) is 5.73 Å². The molecule has 0 saturated carbocycles. The molecule has 0 aliphatic heterocycles. The van der Waals surface area contributed by atoms with Crippen molar-refractivity contribution in [3.05, 3.63) is 53.7 Å². The number of nitrogens with two attached hydrogens (primary N) is 1. The van der Waals surface area contributed by atoms with Crippen LogP contribution < -0.4 is 5.73 Å². The van der Waals surface area contributed by atoms with Crippen LogP contribution in [0.4, 0.5) is 5.82 Å². The quantitative estimate of drug-likeness (QED) is 0.758. The lowest BCUT2D eigenvalue weighted by Gasteiger charge is -2.05. The molecular weight excluding hydrogens is 234 g/mol. The first-order valence-electron chi connectivity index (χ1n) is 6.53. The van der Waals surface area contributed by atoms with Crippen LogP contribution in [-0.4, -0.2) is 9.38 Å². The fourth-order valence-electron chi connectivity index (χ4n) is 2.43. The lowest BCUT2D eigenvalue weighted by Crippen LogP contribution is -1.96. The maximum atomic E-state index is 6.26. The van der Waals surface area contributed by atoms with Gasteiger partial charge in [-0.1, -0.05) is 37.3 Å². The predicted octanol–water partition coefficient (Wildman–Crippen LogP) is 3.45. The zero-order valence-electron chi connectivity index (χ0n) is 11.2. The number of nitrogen functional groups attached to an aromatic ring is 1. The molecule has 0 bridgehead atoms. The molecular formula is C16H17N3. The van der Waals surface area contributed by atoms with E-state index in [-0.39, 0.29) is 0 Å². The minimum Gasteiger partial charge on any atom is -0.383 e. The average molecular weight is 251 g/mol. The Morgan fingerprint density at radius 1 is 1.16 bits per heavy atom. The minimum atomic E-state index is 0.708. The third-order valence-corrected chi connectivity index (χ3v) is 3.46. The molecule has 0 saturated heterocycles. The fourth-order valence-corrected chi connectivity index (χ4v) is 2.43. The highest BCUT2D eigenvalue weighted by atomic mass is 15.1. The smallest absolute Gasteiger partial charge is 0.139 e. The number of hydrogen-bond acceptors (Lipinski definition) is 2. The summed E-state index contributed by atoms with van der Waals surface area (Å²) in [7, 11) is 0. The first-order chi connectivity index (χ1) is 9.20. The van der Waals surface area contributed by atoms with Gasteiger partial charge in [-0.3, -0.25) is 4.40 Å². The molecule has 0 spiro atoms. The molecule has 0 amide bonds. The van der Waals surface area contributed by atoms with E-state index in [1.165, 1.54) is 11.1 Å². The second-order valence-corrected chi connectivity index (χ2v) is 4.79. The van der Waals surface area contributed by atoms with Gasteiger partial charge in [0.25, 0.3) is 0 Å². The van der Waals surface area contributed by atoms with Crippen LogP contribution in [-0.2, 0) is 6.42 Å². The summed E-state index contributed by atoms with van der Waals surface area (Å²) in [5.41, 5.74) is 11.6. The third kappa shape index (κ3) is 1.87. The SMILES string of the molecule is CCc1ccccc1-c1nc2ccc(C)cn2c1N.